The lowest BCUT2D eigenvalue weighted by molar-refractivity contribution is 0.465. The van der Waals surface area contributed by atoms with Crippen molar-refractivity contribution < 1.29 is 5.11 Å². The van der Waals surface area contributed by atoms with Crippen molar-refractivity contribution in [3.05, 3.63) is 28.8 Å². The summed E-state index contributed by atoms with van der Waals surface area (Å²) in [5.74, 6) is 1.88. The zero-order valence-corrected chi connectivity index (χ0v) is 11.1. The molecule has 1 heteroatoms. The summed E-state index contributed by atoms with van der Waals surface area (Å²) in [7, 11) is 0. The number of phenols is 1. The highest BCUT2D eigenvalue weighted by Crippen LogP contribution is 2.50. The molecule has 0 unspecified atom stereocenters. The van der Waals surface area contributed by atoms with Crippen molar-refractivity contribution in [3.8, 4) is 5.75 Å². The van der Waals surface area contributed by atoms with Crippen molar-refractivity contribution in [2.24, 2.45) is 0 Å². The van der Waals surface area contributed by atoms with Crippen molar-refractivity contribution in [3.63, 3.8) is 0 Å². The van der Waals surface area contributed by atoms with Gasteiger partial charge in [-0.1, -0.05) is 26.8 Å². The smallest absolute Gasteiger partial charge is 0.119 e. The first kappa shape index (κ1) is 11.1. The average Bonchev–Trinajstić information content (AvgIpc) is 3.10. The molecule has 0 heterocycles. The van der Waals surface area contributed by atoms with Crippen molar-refractivity contribution in [2.45, 2.75) is 63.7 Å². The summed E-state index contributed by atoms with van der Waals surface area (Å²) < 4.78 is 0. The molecule has 3 rings (SSSR count). The van der Waals surface area contributed by atoms with Gasteiger partial charge in [0.25, 0.3) is 0 Å². The fraction of sp³-hybridized carbons (Fsp3) is 0.625. The van der Waals surface area contributed by atoms with Crippen LogP contribution in [0.4, 0.5) is 0 Å². The van der Waals surface area contributed by atoms with E-state index in [-0.39, 0.29) is 5.41 Å². The predicted molar refractivity (Wildman–Crippen MR) is 70.8 cm³/mol. The molecule has 0 aromatic heterocycles. The number of hydrogen-bond donors (Lipinski definition) is 1. The molecule has 1 aromatic carbocycles. The van der Waals surface area contributed by atoms with E-state index in [2.05, 4.69) is 32.9 Å². The Bertz CT molecular complexity index is 445. The molecule has 92 valence electrons. The van der Waals surface area contributed by atoms with Gasteiger partial charge in [-0.15, -0.1) is 0 Å². The van der Waals surface area contributed by atoms with Crippen LogP contribution in [0.3, 0.4) is 0 Å². The topological polar surface area (TPSA) is 20.2 Å². The number of benzene rings is 1. The molecule has 2 aliphatic rings. The monoisotopic (exact) mass is 230 g/mol. The number of phenolic OH excluding ortho intramolecular Hbond substituents is 1. The molecule has 17 heavy (non-hydrogen) atoms. The average molecular weight is 230 g/mol. The van der Waals surface area contributed by atoms with Gasteiger partial charge in [0.15, 0.2) is 0 Å². The largest absolute Gasteiger partial charge is 0.508 e. The van der Waals surface area contributed by atoms with Gasteiger partial charge in [0.2, 0.25) is 0 Å². The summed E-state index contributed by atoms with van der Waals surface area (Å²) in [4.78, 5) is 0. The van der Waals surface area contributed by atoms with Crippen LogP contribution >= 0.6 is 0 Å². The molecule has 1 N–H and O–H groups in total. The number of rotatable bonds is 2. The number of hydrogen-bond acceptors (Lipinski definition) is 1. The third-order valence-corrected chi connectivity index (χ3v) is 4.04. The molecule has 1 nitrogen and oxygen atoms in total. The summed E-state index contributed by atoms with van der Waals surface area (Å²) in [5, 5.41) is 10.2. The zero-order valence-electron chi connectivity index (χ0n) is 11.1. The first-order chi connectivity index (χ1) is 7.97. The van der Waals surface area contributed by atoms with Gasteiger partial charge in [0.05, 0.1) is 0 Å². The third kappa shape index (κ3) is 2.08. The van der Waals surface area contributed by atoms with Crippen LogP contribution in [0.5, 0.6) is 5.75 Å². The minimum Gasteiger partial charge on any atom is -0.508 e. The van der Waals surface area contributed by atoms with Crippen LogP contribution in [0, 0.1) is 0 Å². The first-order valence-electron chi connectivity index (χ1n) is 6.84. The lowest BCUT2D eigenvalue weighted by Crippen LogP contribution is -2.14. The highest BCUT2D eigenvalue weighted by molar-refractivity contribution is 5.49. The molecule has 2 fully saturated rings. The van der Waals surface area contributed by atoms with Crippen LogP contribution < -0.4 is 0 Å². The normalized spacial score (nSPS) is 20.6. The molecule has 1 aromatic rings. The second-order valence-electron chi connectivity index (χ2n) is 6.80. The Morgan fingerprint density at radius 2 is 1.47 bits per heavy atom. The summed E-state index contributed by atoms with van der Waals surface area (Å²) in [5.41, 5.74) is 4.24. The second kappa shape index (κ2) is 3.51. The van der Waals surface area contributed by atoms with Crippen molar-refractivity contribution >= 4 is 0 Å². The van der Waals surface area contributed by atoms with Crippen LogP contribution in [0.1, 0.15) is 75.0 Å². The maximum Gasteiger partial charge on any atom is 0.119 e. The third-order valence-electron chi connectivity index (χ3n) is 4.04. The van der Waals surface area contributed by atoms with Gasteiger partial charge in [-0.3, -0.25) is 0 Å². The van der Waals surface area contributed by atoms with Crippen LogP contribution in [0.2, 0.25) is 0 Å². The Hall–Kier alpha value is -0.980. The standard InChI is InChI=1S/C16H22O/c1-16(2,3)14-8-13(11-6-7-11)15(17)9-12(14)10-4-5-10/h8-11,17H,4-7H2,1-3H3. The van der Waals surface area contributed by atoms with Crippen LogP contribution in [-0.2, 0) is 5.41 Å². The first-order valence-corrected chi connectivity index (χ1v) is 6.84. The van der Waals surface area contributed by atoms with Gasteiger partial charge in [-0.2, -0.15) is 0 Å². The Balaban J connectivity index is 2.11. The predicted octanol–water partition coefficient (Wildman–Crippen LogP) is 4.44. The lowest BCUT2D eigenvalue weighted by Gasteiger charge is -2.24. The fourth-order valence-corrected chi connectivity index (χ4v) is 2.72. The summed E-state index contributed by atoms with van der Waals surface area (Å²) >= 11 is 0. The van der Waals surface area contributed by atoms with Crippen molar-refractivity contribution in [1.29, 1.82) is 0 Å². The Morgan fingerprint density at radius 3 is 1.94 bits per heavy atom. The van der Waals surface area contributed by atoms with Crippen LogP contribution in [0.25, 0.3) is 0 Å². The SMILES string of the molecule is CC(C)(C)c1cc(C2CC2)c(O)cc1C1CC1. The molecule has 0 saturated heterocycles. The lowest BCUT2D eigenvalue weighted by atomic mass is 9.81. The Labute approximate surface area is 104 Å². The quantitative estimate of drug-likeness (QED) is 0.796. The van der Waals surface area contributed by atoms with E-state index < -0.39 is 0 Å². The molecule has 0 aliphatic heterocycles. The number of aromatic hydroxyl groups is 1. The zero-order chi connectivity index (χ0) is 12.2. The Kier molecular flexibility index (Phi) is 2.30. The molecule has 2 saturated carbocycles. The van der Waals surface area contributed by atoms with E-state index in [4.69, 9.17) is 0 Å². The maximum absolute atomic E-state index is 10.2. The minimum absolute atomic E-state index is 0.190. The van der Waals surface area contributed by atoms with E-state index >= 15 is 0 Å². The molecular weight excluding hydrogens is 208 g/mol. The second-order valence-corrected chi connectivity index (χ2v) is 6.80. The van der Waals surface area contributed by atoms with E-state index in [0.29, 0.717) is 17.6 Å². The van der Waals surface area contributed by atoms with Crippen molar-refractivity contribution in [1.82, 2.24) is 0 Å². The summed E-state index contributed by atoms with van der Waals surface area (Å²) in [6.45, 7) is 6.84. The fourth-order valence-electron chi connectivity index (χ4n) is 2.72. The highest BCUT2D eigenvalue weighted by atomic mass is 16.3. The van der Waals surface area contributed by atoms with Gasteiger partial charge in [-0.25, -0.2) is 0 Å². The molecule has 0 atom stereocenters. The molecule has 2 aliphatic carbocycles. The molecule has 0 bridgehead atoms. The van der Waals surface area contributed by atoms with Gasteiger partial charge in [0.1, 0.15) is 5.75 Å². The molecule has 0 radical (unpaired) electrons. The maximum atomic E-state index is 10.2. The molecule has 0 spiro atoms. The van der Waals surface area contributed by atoms with Crippen LogP contribution in [0.15, 0.2) is 12.1 Å². The summed E-state index contributed by atoms with van der Waals surface area (Å²) in [6.07, 6.45) is 5.09. The van der Waals surface area contributed by atoms with Gasteiger partial charge >= 0.3 is 0 Å². The van der Waals surface area contributed by atoms with E-state index in [1.807, 2.05) is 0 Å². The minimum atomic E-state index is 0.190. The summed E-state index contributed by atoms with van der Waals surface area (Å²) in [6, 6.07) is 4.35. The molecule has 0 amide bonds. The highest BCUT2D eigenvalue weighted by Gasteiger charge is 2.33. The van der Waals surface area contributed by atoms with E-state index in [9.17, 15) is 5.11 Å². The van der Waals surface area contributed by atoms with E-state index in [1.54, 1.807) is 0 Å². The van der Waals surface area contributed by atoms with Gasteiger partial charge in [-0.05, 0) is 65.7 Å². The van der Waals surface area contributed by atoms with Crippen LogP contribution in [-0.4, -0.2) is 5.11 Å². The van der Waals surface area contributed by atoms with Crippen molar-refractivity contribution in [2.75, 3.05) is 0 Å². The van der Waals surface area contributed by atoms with E-state index in [0.717, 1.165) is 0 Å². The van der Waals surface area contributed by atoms with Gasteiger partial charge in [0, 0.05) is 0 Å². The van der Waals surface area contributed by atoms with Gasteiger partial charge < -0.3 is 5.11 Å². The molecular formula is C16H22O. The van der Waals surface area contributed by atoms with E-state index in [1.165, 1.54) is 42.4 Å². The Morgan fingerprint density at radius 1 is 0.941 bits per heavy atom.